The van der Waals surface area contributed by atoms with Gasteiger partial charge in [0.2, 0.25) is 0 Å². The van der Waals surface area contributed by atoms with Gasteiger partial charge in [-0.2, -0.15) is 10.5 Å². The van der Waals surface area contributed by atoms with Gasteiger partial charge in [0.25, 0.3) is 0 Å². The van der Waals surface area contributed by atoms with Gasteiger partial charge in [-0.15, -0.1) is 0 Å². The summed E-state index contributed by atoms with van der Waals surface area (Å²) in [6.45, 7) is 0. The molecule has 0 amide bonds. The van der Waals surface area contributed by atoms with Gasteiger partial charge < -0.3 is 9.13 Å². The SMILES string of the molecule is N#Cc1cccc(-c2ccc(C3C=CC(n4c5ccccc5c5c(C#N)cccc54)=CC3)cc2)c1-n1c2ccccc2c2ccccc21. The first-order valence-electron chi connectivity index (χ1n) is 16.2. The molecule has 48 heavy (non-hydrogen) atoms. The van der Waals surface area contributed by atoms with Crippen molar-refractivity contribution in [1.29, 1.82) is 10.5 Å². The smallest absolute Gasteiger partial charge is 0.101 e. The molecule has 0 fully saturated rings. The maximum absolute atomic E-state index is 10.3. The zero-order valence-electron chi connectivity index (χ0n) is 26.0. The lowest BCUT2D eigenvalue weighted by Crippen LogP contribution is -2.03. The summed E-state index contributed by atoms with van der Waals surface area (Å²) >= 11 is 0. The van der Waals surface area contributed by atoms with Crippen molar-refractivity contribution in [3.05, 3.63) is 168 Å². The normalized spacial score (nSPS) is 14.4. The predicted molar refractivity (Wildman–Crippen MR) is 196 cm³/mol. The Kier molecular flexibility index (Phi) is 6.35. The van der Waals surface area contributed by atoms with Crippen LogP contribution in [0.2, 0.25) is 0 Å². The lowest BCUT2D eigenvalue weighted by atomic mass is 9.90. The van der Waals surface area contributed by atoms with Crippen molar-refractivity contribution < 1.29 is 0 Å². The summed E-state index contributed by atoms with van der Waals surface area (Å²) in [5.74, 6) is 0.243. The molecule has 4 heteroatoms. The highest BCUT2D eigenvalue weighted by Gasteiger charge is 2.20. The van der Waals surface area contributed by atoms with Crippen molar-refractivity contribution in [2.24, 2.45) is 0 Å². The molecule has 0 radical (unpaired) electrons. The highest BCUT2D eigenvalue weighted by atomic mass is 15.0. The predicted octanol–water partition coefficient (Wildman–Crippen LogP) is 10.9. The van der Waals surface area contributed by atoms with Crippen molar-refractivity contribution in [1.82, 2.24) is 9.13 Å². The van der Waals surface area contributed by atoms with Crippen molar-refractivity contribution in [3.63, 3.8) is 0 Å². The fraction of sp³-hybridized carbons (Fsp3) is 0.0455. The molecule has 0 saturated carbocycles. The van der Waals surface area contributed by atoms with Crippen LogP contribution in [0.25, 0.3) is 66.1 Å². The first-order chi connectivity index (χ1) is 23.7. The van der Waals surface area contributed by atoms with E-state index < -0.39 is 0 Å². The number of hydrogen-bond donors (Lipinski definition) is 0. The number of hydrogen-bond acceptors (Lipinski definition) is 2. The minimum atomic E-state index is 0.243. The third-order valence-electron chi connectivity index (χ3n) is 9.77. The van der Waals surface area contributed by atoms with Gasteiger partial charge in [-0.25, -0.2) is 0 Å². The van der Waals surface area contributed by atoms with Crippen LogP contribution in [-0.4, -0.2) is 9.13 Å². The molecule has 2 aromatic heterocycles. The van der Waals surface area contributed by atoms with E-state index in [1.165, 1.54) is 16.3 Å². The molecule has 0 saturated heterocycles. The van der Waals surface area contributed by atoms with Crippen molar-refractivity contribution in [2.45, 2.75) is 12.3 Å². The second-order valence-electron chi connectivity index (χ2n) is 12.3. The summed E-state index contributed by atoms with van der Waals surface area (Å²) in [4.78, 5) is 0. The molecule has 1 aliphatic carbocycles. The molecular weight excluding hydrogens is 585 g/mol. The van der Waals surface area contributed by atoms with Crippen molar-refractivity contribution in [2.75, 3.05) is 0 Å². The summed E-state index contributed by atoms with van der Waals surface area (Å²) < 4.78 is 4.52. The van der Waals surface area contributed by atoms with Gasteiger partial charge in [0, 0.05) is 38.7 Å². The van der Waals surface area contributed by atoms with Crippen LogP contribution in [0.5, 0.6) is 0 Å². The van der Waals surface area contributed by atoms with Gasteiger partial charge in [-0.1, -0.05) is 109 Å². The number of benzene rings is 6. The Bertz CT molecular complexity index is 2670. The third-order valence-corrected chi connectivity index (χ3v) is 9.77. The molecule has 8 aromatic rings. The quantitative estimate of drug-likeness (QED) is 0.199. The van der Waals surface area contributed by atoms with Crippen LogP contribution in [0.3, 0.4) is 0 Å². The topological polar surface area (TPSA) is 57.4 Å². The van der Waals surface area contributed by atoms with Crippen LogP contribution in [0.4, 0.5) is 0 Å². The standard InChI is InChI=1S/C44H28N4/c45-27-32-9-8-18-42-43(32)38-13-3-6-17-41(38)47(42)34-25-23-30(24-26-34)29-19-21-31(22-20-29)35-14-7-10-33(28-46)44(35)48-39-15-4-1-11-36(39)37-12-2-5-16-40(37)48/h1-23,25-26,30H,24H2. The van der Waals surface area contributed by atoms with Gasteiger partial charge in [-0.3, -0.25) is 0 Å². The number of fused-ring (bicyclic) bond motifs is 6. The van der Waals surface area contributed by atoms with Crippen LogP contribution in [-0.2, 0) is 0 Å². The van der Waals surface area contributed by atoms with E-state index >= 15 is 0 Å². The number of rotatable bonds is 4. The minimum absolute atomic E-state index is 0.243. The molecule has 0 spiro atoms. The highest BCUT2D eigenvalue weighted by molar-refractivity contribution is 6.13. The summed E-state index contributed by atoms with van der Waals surface area (Å²) in [7, 11) is 0. The zero-order chi connectivity index (χ0) is 32.2. The van der Waals surface area contributed by atoms with Gasteiger partial charge in [-0.05, 0) is 60.0 Å². The molecule has 0 aliphatic heterocycles. The summed E-state index contributed by atoms with van der Waals surface area (Å²) in [5, 5.41) is 24.6. The largest absolute Gasteiger partial charge is 0.310 e. The molecule has 6 aromatic carbocycles. The summed E-state index contributed by atoms with van der Waals surface area (Å²) in [6.07, 6.45) is 7.68. The maximum Gasteiger partial charge on any atom is 0.101 e. The molecule has 1 atom stereocenters. The number of aromatic nitrogens is 2. The van der Waals surface area contributed by atoms with Crippen LogP contribution >= 0.6 is 0 Å². The minimum Gasteiger partial charge on any atom is -0.310 e. The maximum atomic E-state index is 10.3. The molecule has 0 N–H and O–H groups in total. The molecule has 4 nitrogen and oxygen atoms in total. The van der Waals surface area contributed by atoms with E-state index in [2.05, 4.69) is 143 Å². The van der Waals surface area contributed by atoms with Crippen LogP contribution in [0.1, 0.15) is 29.0 Å². The Balaban J connectivity index is 1.08. The Hall–Kier alpha value is -6.62. The van der Waals surface area contributed by atoms with Gasteiger partial charge in [0.1, 0.15) is 6.07 Å². The van der Waals surface area contributed by atoms with Crippen molar-refractivity contribution in [3.8, 4) is 29.0 Å². The van der Waals surface area contributed by atoms with Crippen molar-refractivity contribution >= 4 is 49.3 Å². The summed E-state index contributed by atoms with van der Waals surface area (Å²) in [6, 6.07) is 50.8. The Labute approximate surface area is 277 Å². The zero-order valence-corrected chi connectivity index (χ0v) is 26.0. The third kappa shape index (κ3) is 4.14. The molecule has 0 bridgehead atoms. The Morgan fingerprint density at radius 1 is 0.542 bits per heavy atom. The second kappa shape index (κ2) is 11.0. The van der Waals surface area contributed by atoms with Gasteiger partial charge >= 0.3 is 0 Å². The van der Waals surface area contributed by atoms with E-state index in [1.54, 1.807) is 0 Å². The highest BCUT2D eigenvalue weighted by Crippen LogP contribution is 2.40. The summed E-state index contributed by atoms with van der Waals surface area (Å²) in [5.41, 5.74) is 11.0. The van der Waals surface area contributed by atoms with E-state index in [0.29, 0.717) is 11.1 Å². The van der Waals surface area contributed by atoms with E-state index in [4.69, 9.17) is 0 Å². The number of nitrogens with zero attached hydrogens (tertiary/aromatic N) is 4. The lowest BCUT2D eigenvalue weighted by molar-refractivity contribution is 0.850. The second-order valence-corrected chi connectivity index (χ2v) is 12.3. The fourth-order valence-corrected chi connectivity index (χ4v) is 7.59. The first-order valence-corrected chi connectivity index (χ1v) is 16.2. The average molecular weight is 613 g/mol. The monoisotopic (exact) mass is 612 g/mol. The van der Waals surface area contributed by atoms with E-state index in [-0.39, 0.29) is 5.92 Å². The molecule has 1 aliphatic rings. The Morgan fingerprint density at radius 2 is 1.12 bits per heavy atom. The van der Waals surface area contributed by atoms with E-state index in [9.17, 15) is 10.5 Å². The van der Waals surface area contributed by atoms with Crippen LogP contribution in [0.15, 0.2) is 152 Å². The van der Waals surface area contributed by atoms with Crippen LogP contribution < -0.4 is 0 Å². The number of nitriles is 2. The molecule has 2 heterocycles. The fourth-order valence-electron chi connectivity index (χ4n) is 7.59. The lowest BCUT2D eigenvalue weighted by Gasteiger charge is -2.20. The molecular formula is C44H28N4. The molecule has 9 rings (SSSR count). The number of para-hydroxylation sites is 4. The van der Waals surface area contributed by atoms with Gasteiger partial charge in [0.15, 0.2) is 0 Å². The number of allylic oxidation sites excluding steroid dienone is 4. The average Bonchev–Trinajstić information content (AvgIpc) is 3.68. The van der Waals surface area contributed by atoms with Crippen LogP contribution in [0, 0.1) is 22.7 Å². The molecule has 224 valence electrons. The first kappa shape index (κ1) is 27.7. The van der Waals surface area contributed by atoms with E-state index in [1.807, 2.05) is 30.3 Å². The van der Waals surface area contributed by atoms with Gasteiger partial charge in [0.05, 0.1) is 45.0 Å². The Morgan fingerprint density at radius 3 is 1.77 bits per heavy atom. The molecule has 1 unspecified atom stereocenters. The van der Waals surface area contributed by atoms with E-state index in [0.717, 1.165) is 61.8 Å².